The highest BCUT2D eigenvalue weighted by atomic mass is 16.5. The third-order valence-electron chi connectivity index (χ3n) is 2.45. The van der Waals surface area contributed by atoms with E-state index in [1.807, 2.05) is 20.8 Å². The smallest absolute Gasteiger partial charge is 0.234 e. The van der Waals surface area contributed by atoms with Crippen molar-refractivity contribution in [3.63, 3.8) is 0 Å². The van der Waals surface area contributed by atoms with Gasteiger partial charge in [0.15, 0.2) is 0 Å². The van der Waals surface area contributed by atoms with Crippen LogP contribution in [0.1, 0.15) is 36.9 Å². The number of hydrogen-bond donors (Lipinski definition) is 2. The molecule has 15 heavy (non-hydrogen) atoms. The summed E-state index contributed by atoms with van der Waals surface area (Å²) in [5.74, 6) is 0.401. The Kier molecular flexibility index (Phi) is 3.47. The minimum Gasteiger partial charge on any atom is -0.368 e. The first-order chi connectivity index (χ1) is 6.93. The van der Waals surface area contributed by atoms with Crippen LogP contribution in [0.3, 0.4) is 0 Å². The van der Waals surface area contributed by atoms with Crippen molar-refractivity contribution in [1.82, 2.24) is 10.5 Å². The molecule has 0 bridgehead atoms. The zero-order valence-electron chi connectivity index (χ0n) is 9.50. The van der Waals surface area contributed by atoms with E-state index in [1.54, 1.807) is 6.92 Å². The Labute approximate surface area is 89.0 Å². The van der Waals surface area contributed by atoms with E-state index in [0.717, 1.165) is 17.0 Å². The molecule has 2 atom stereocenters. The summed E-state index contributed by atoms with van der Waals surface area (Å²) in [5, 5.41) is 6.95. The van der Waals surface area contributed by atoms with Crippen LogP contribution in [-0.2, 0) is 4.79 Å². The van der Waals surface area contributed by atoms with Crippen molar-refractivity contribution in [2.45, 2.75) is 39.8 Å². The molecule has 0 aliphatic carbocycles. The molecule has 1 rings (SSSR count). The quantitative estimate of drug-likeness (QED) is 0.772. The van der Waals surface area contributed by atoms with Gasteiger partial charge in [0.2, 0.25) is 5.91 Å². The summed E-state index contributed by atoms with van der Waals surface area (Å²) in [4.78, 5) is 10.9. The van der Waals surface area contributed by atoms with Crippen molar-refractivity contribution in [2.75, 3.05) is 0 Å². The number of aryl methyl sites for hydroxylation is 2. The largest absolute Gasteiger partial charge is 0.368 e. The number of nitrogens with two attached hydrogens (primary N) is 1. The van der Waals surface area contributed by atoms with Crippen molar-refractivity contribution in [3.8, 4) is 0 Å². The Hall–Kier alpha value is -1.36. The van der Waals surface area contributed by atoms with E-state index in [-0.39, 0.29) is 18.0 Å². The van der Waals surface area contributed by atoms with E-state index >= 15 is 0 Å². The van der Waals surface area contributed by atoms with Crippen molar-refractivity contribution in [2.24, 2.45) is 5.73 Å². The molecule has 1 amide bonds. The van der Waals surface area contributed by atoms with E-state index < -0.39 is 0 Å². The fourth-order valence-corrected chi connectivity index (χ4v) is 1.65. The maximum atomic E-state index is 10.9. The molecule has 0 saturated heterocycles. The Balaban J connectivity index is 2.77. The van der Waals surface area contributed by atoms with Gasteiger partial charge in [-0.3, -0.25) is 10.1 Å². The van der Waals surface area contributed by atoms with E-state index in [4.69, 9.17) is 10.3 Å². The average Bonchev–Trinajstić information content (AvgIpc) is 2.45. The zero-order chi connectivity index (χ0) is 11.6. The zero-order valence-corrected chi connectivity index (χ0v) is 9.50. The fourth-order valence-electron chi connectivity index (χ4n) is 1.65. The molecule has 0 aliphatic heterocycles. The number of hydrogen-bond acceptors (Lipinski definition) is 4. The standard InChI is InChI=1S/C10H17N3O2/c1-5(12-7(3)10(11)14)9-6(2)13-15-8(9)4/h5,7,12H,1-4H3,(H2,11,14). The first-order valence-corrected chi connectivity index (χ1v) is 4.91. The van der Waals surface area contributed by atoms with Gasteiger partial charge in [-0.05, 0) is 27.7 Å². The van der Waals surface area contributed by atoms with E-state index in [9.17, 15) is 4.79 Å². The molecule has 1 heterocycles. The maximum Gasteiger partial charge on any atom is 0.234 e. The van der Waals surface area contributed by atoms with Gasteiger partial charge in [-0.2, -0.15) is 0 Å². The Morgan fingerprint density at radius 3 is 2.47 bits per heavy atom. The molecule has 5 heteroatoms. The maximum absolute atomic E-state index is 10.9. The van der Waals surface area contributed by atoms with Crippen LogP contribution < -0.4 is 11.1 Å². The third kappa shape index (κ3) is 2.56. The molecular formula is C10H17N3O2. The van der Waals surface area contributed by atoms with Crippen LogP contribution in [0.4, 0.5) is 0 Å². The Morgan fingerprint density at radius 1 is 1.47 bits per heavy atom. The van der Waals surface area contributed by atoms with Crippen molar-refractivity contribution < 1.29 is 9.32 Å². The molecule has 5 nitrogen and oxygen atoms in total. The molecule has 84 valence electrons. The lowest BCUT2D eigenvalue weighted by molar-refractivity contribution is -0.119. The molecular weight excluding hydrogens is 194 g/mol. The van der Waals surface area contributed by atoms with Crippen LogP contribution in [0.5, 0.6) is 0 Å². The second kappa shape index (κ2) is 4.44. The summed E-state index contributed by atoms with van der Waals surface area (Å²) in [6, 6.07) is -0.368. The molecule has 1 aromatic heterocycles. The minimum atomic E-state index is -0.367. The normalized spacial score (nSPS) is 14.9. The number of carbonyl (C=O) groups excluding carboxylic acids is 1. The molecule has 3 N–H and O–H groups in total. The first kappa shape index (κ1) is 11.7. The first-order valence-electron chi connectivity index (χ1n) is 4.91. The number of primary amides is 1. The molecule has 1 aromatic rings. The third-order valence-corrected chi connectivity index (χ3v) is 2.45. The van der Waals surface area contributed by atoms with Gasteiger partial charge in [-0.15, -0.1) is 0 Å². The lowest BCUT2D eigenvalue weighted by Crippen LogP contribution is -2.40. The summed E-state index contributed by atoms with van der Waals surface area (Å²) < 4.78 is 5.05. The number of nitrogens with one attached hydrogen (secondary N) is 1. The van der Waals surface area contributed by atoms with Gasteiger partial charge >= 0.3 is 0 Å². The number of aromatic nitrogens is 1. The molecule has 0 saturated carbocycles. The molecule has 2 unspecified atom stereocenters. The highest BCUT2D eigenvalue weighted by Gasteiger charge is 2.19. The predicted molar refractivity (Wildman–Crippen MR) is 56.2 cm³/mol. The average molecular weight is 211 g/mol. The van der Waals surface area contributed by atoms with Gasteiger partial charge in [0.1, 0.15) is 5.76 Å². The van der Waals surface area contributed by atoms with Crippen LogP contribution in [0, 0.1) is 13.8 Å². The van der Waals surface area contributed by atoms with Crippen LogP contribution >= 0.6 is 0 Å². The summed E-state index contributed by atoms with van der Waals surface area (Å²) in [7, 11) is 0. The number of amides is 1. The highest BCUT2D eigenvalue weighted by molar-refractivity contribution is 5.79. The molecule has 0 fully saturated rings. The van der Waals surface area contributed by atoms with Crippen molar-refractivity contribution in [1.29, 1.82) is 0 Å². The van der Waals surface area contributed by atoms with Gasteiger partial charge in [-0.25, -0.2) is 0 Å². The number of nitrogens with zero attached hydrogens (tertiary/aromatic N) is 1. The number of rotatable bonds is 4. The molecule has 0 aliphatic rings. The van der Waals surface area contributed by atoms with E-state index in [1.165, 1.54) is 0 Å². The Bertz CT molecular complexity index is 340. The highest BCUT2D eigenvalue weighted by Crippen LogP contribution is 2.21. The van der Waals surface area contributed by atoms with E-state index in [0.29, 0.717) is 0 Å². The van der Waals surface area contributed by atoms with E-state index in [2.05, 4.69) is 10.5 Å². The van der Waals surface area contributed by atoms with Crippen LogP contribution in [-0.4, -0.2) is 17.1 Å². The minimum absolute atomic E-state index is 0.00116. The van der Waals surface area contributed by atoms with Gasteiger partial charge in [0, 0.05) is 11.6 Å². The summed E-state index contributed by atoms with van der Waals surface area (Å²) in [6.45, 7) is 7.41. The van der Waals surface area contributed by atoms with Gasteiger partial charge < -0.3 is 10.3 Å². The van der Waals surface area contributed by atoms with Crippen molar-refractivity contribution >= 4 is 5.91 Å². The summed E-state index contributed by atoms with van der Waals surface area (Å²) >= 11 is 0. The van der Waals surface area contributed by atoms with Gasteiger partial charge in [0.05, 0.1) is 11.7 Å². The van der Waals surface area contributed by atoms with Crippen LogP contribution in [0.2, 0.25) is 0 Å². The Morgan fingerprint density at radius 2 is 2.07 bits per heavy atom. The monoisotopic (exact) mass is 211 g/mol. The SMILES string of the molecule is Cc1noc(C)c1C(C)NC(C)C(N)=O. The second-order valence-electron chi connectivity index (χ2n) is 3.75. The second-order valence-corrected chi connectivity index (χ2v) is 3.75. The predicted octanol–water partition coefficient (Wildman–Crippen LogP) is 0.816. The van der Waals surface area contributed by atoms with Crippen molar-refractivity contribution in [3.05, 3.63) is 17.0 Å². The summed E-state index contributed by atoms with van der Waals surface area (Å²) in [6.07, 6.45) is 0. The fraction of sp³-hybridized carbons (Fsp3) is 0.600. The van der Waals surface area contributed by atoms with Crippen LogP contribution in [0.25, 0.3) is 0 Å². The lowest BCUT2D eigenvalue weighted by Gasteiger charge is -2.17. The lowest BCUT2D eigenvalue weighted by atomic mass is 10.1. The summed E-state index contributed by atoms with van der Waals surface area (Å²) in [5.41, 5.74) is 7.00. The molecule has 0 radical (unpaired) electrons. The van der Waals surface area contributed by atoms with Crippen LogP contribution in [0.15, 0.2) is 4.52 Å². The topological polar surface area (TPSA) is 81.2 Å². The molecule has 0 spiro atoms. The molecule has 0 aromatic carbocycles. The van der Waals surface area contributed by atoms with Gasteiger partial charge in [0.25, 0.3) is 0 Å². The number of carbonyl (C=O) groups is 1. The van der Waals surface area contributed by atoms with Gasteiger partial charge in [-0.1, -0.05) is 5.16 Å².